The van der Waals surface area contributed by atoms with E-state index in [4.69, 9.17) is 4.74 Å². The quantitative estimate of drug-likeness (QED) is 0.908. The van der Waals surface area contributed by atoms with Crippen LogP contribution in [0.25, 0.3) is 0 Å². The molecule has 0 bridgehead atoms. The summed E-state index contributed by atoms with van der Waals surface area (Å²) in [6.45, 7) is 1.01. The number of carbonyl (C=O) groups excluding carboxylic acids is 1. The monoisotopic (exact) mass is 325 g/mol. The van der Waals surface area contributed by atoms with Crippen LogP contribution in [0.1, 0.15) is 11.1 Å². The van der Waals surface area contributed by atoms with E-state index in [9.17, 15) is 4.79 Å². The molecular weight excluding hydrogens is 302 g/mol. The molecule has 126 valence electrons. The zero-order valence-electron chi connectivity index (χ0n) is 14.1. The lowest BCUT2D eigenvalue weighted by Crippen LogP contribution is -2.47. The third kappa shape index (κ3) is 3.98. The third-order valence-electron chi connectivity index (χ3n) is 4.12. The maximum Gasteiger partial charge on any atom is 0.315 e. The van der Waals surface area contributed by atoms with Crippen LogP contribution in [0.4, 0.5) is 10.5 Å². The van der Waals surface area contributed by atoms with Crippen LogP contribution in [0.5, 0.6) is 5.75 Å². The zero-order chi connectivity index (χ0) is 16.9. The fourth-order valence-electron chi connectivity index (χ4n) is 2.75. The summed E-state index contributed by atoms with van der Waals surface area (Å²) < 4.78 is 5.69. The standard InChI is InChI=1S/C19H23N3O2/c1-22(2)17-9-7-14(8-10-17)12-20-19(23)21-16-11-15-5-3-4-6-18(15)24-13-16/h3-10,16H,11-13H2,1-2H3,(H2,20,21,23). The molecule has 1 unspecified atom stereocenters. The summed E-state index contributed by atoms with van der Waals surface area (Å²) in [5, 5.41) is 5.88. The first-order chi connectivity index (χ1) is 11.6. The molecule has 0 saturated carbocycles. The Balaban J connectivity index is 1.48. The maximum atomic E-state index is 12.1. The summed E-state index contributed by atoms with van der Waals surface area (Å²) in [6, 6.07) is 15.9. The van der Waals surface area contributed by atoms with Crippen molar-refractivity contribution in [1.29, 1.82) is 0 Å². The van der Waals surface area contributed by atoms with Crippen molar-refractivity contribution in [2.45, 2.75) is 19.0 Å². The predicted molar refractivity (Wildman–Crippen MR) is 95.6 cm³/mol. The number of para-hydroxylation sites is 1. The van der Waals surface area contributed by atoms with E-state index < -0.39 is 0 Å². The minimum Gasteiger partial charge on any atom is -0.491 e. The molecule has 1 heterocycles. The fourth-order valence-corrected chi connectivity index (χ4v) is 2.75. The van der Waals surface area contributed by atoms with Gasteiger partial charge >= 0.3 is 6.03 Å². The third-order valence-corrected chi connectivity index (χ3v) is 4.12. The maximum absolute atomic E-state index is 12.1. The summed E-state index contributed by atoms with van der Waals surface area (Å²) in [7, 11) is 4.01. The molecule has 3 rings (SSSR count). The van der Waals surface area contributed by atoms with E-state index in [0.29, 0.717) is 13.2 Å². The highest BCUT2D eigenvalue weighted by Crippen LogP contribution is 2.23. The number of carbonyl (C=O) groups is 1. The molecule has 1 aliphatic heterocycles. The van der Waals surface area contributed by atoms with E-state index in [0.717, 1.165) is 29.0 Å². The number of anilines is 1. The van der Waals surface area contributed by atoms with Gasteiger partial charge < -0.3 is 20.3 Å². The second-order valence-electron chi connectivity index (χ2n) is 6.21. The molecular formula is C19H23N3O2. The van der Waals surface area contributed by atoms with Crippen LogP contribution < -0.4 is 20.3 Å². The van der Waals surface area contributed by atoms with Gasteiger partial charge in [-0.1, -0.05) is 30.3 Å². The van der Waals surface area contributed by atoms with Gasteiger partial charge in [0.15, 0.2) is 0 Å². The van der Waals surface area contributed by atoms with Crippen LogP contribution in [0, 0.1) is 0 Å². The number of nitrogens with one attached hydrogen (secondary N) is 2. The Morgan fingerprint density at radius 3 is 2.67 bits per heavy atom. The van der Waals surface area contributed by atoms with E-state index >= 15 is 0 Å². The van der Waals surface area contributed by atoms with Gasteiger partial charge in [0.05, 0.1) is 6.04 Å². The SMILES string of the molecule is CN(C)c1ccc(CNC(=O)NC2COc3ccccc3C2)cc1. The molecule has 2 aromatic rings. The van der Waals surface area contributed by atoms with E-state index in [1.54, 1.807) is 0 Å². The first-order valence-corrected chi connectivity index (χ1v) is 8.13. The van der Waals surface area contributed by atoms with Gasteiger partial charge in [-0.2, -0.15) is 0 Å². The Kier molecular flexibility index (Phi) is 4.89. The molecule has 5 heteroatoms. The number of ether oxygens (including phenoxy) is 1. The second kappa shape index (κ2) is 7.25. The van der Waals surface area contributed by atoms with Gasteiger partial charge in [-0.25, -0.2) is 4.79 Å². The smallest absolute Gasteiger partial charge is 0.315 e. The van der Waals surface area contributed by atoms with Crippen LogP contribution in [0.2, 0.25) is 0 Å². The van der Waals surface area contributed by atoms with Crippen molar-refractivity contribution >= 4 is 11.7 Å². The van der Waals surface area contributed by atoms with Crippen LogP contribution >= 0.6 is 0 Å². The summed E-state index contributed by atoms with van der Waals surface area (Å²) in [5.41, 5.74) is 3.34. The topological polar surface area (TPSA) is 53.6 Å². The van der Waals surface area contributed by atoms with Crippen molar-refractivity contribution in [3.63, 3.8) is 0 Å². The van der Waals surface area contributed by atoms with Crippen molar-refractivity contribution in [1.82, 2.24) is 10.6 Å². The summed E-state index contributed by atoms with van der Waals surface area (Å²) in [4.78, 5) is 14.1. The average molecular weight is 325 g/mol. The number of nitrogens with zero attached hydrogens (tertiary/aromatic N) is 1. The lowest BCUT2D eigenvalue weighted by atomic mass is 10.0. The molecule has 2 amide bonds. The Hall–Kier alpha value is -2.69. The Morgan fingerprint density at radius 1 is 1.17 bits per heavy atom. The van der Waals surface area contributed by atoms with Gasteiger partial charge in [0, 0.05) is 26.3 Å². The molecule has 0 fully saturated rings. The number of urea groups is 1. The Bertz CT molecular complexity index is 698. The van der Waals surface area contributed by atoms with Crippen molar-refractivity contribution in [2.75, 3.05) is 25.6 Å². The number of hydrogen-bond acceptors (Lipinski definition) is 3. The van der Waals surface area contributed by atoms with Crippen LogP contribution in [0.15, 0.2) is 48.5 Å². The molecule has 0 aromatic heterocycles. The summed E-state index contributed by atoms with van der Waals surface area (Å²) in [6.07, 6.45) is 0.793. The van der Waals surface area contributed by atoms with Gasteiger partial charge in [0.2, 0.25) is 0 Å². The number of fused-ring (bicyclic) bond motifs is 1. The number of hydrogen-bond donors (Lipinski definition) is 2. The molecule has 0 saturated heterocycles. The first-order valence-electron chi connectivity index (χ1n) is 8.13. The fraction of sp³-hybridized carbons (Fsp3) is 0.316. The predicted octanol–water partition coefficient (Wildman–Crippen LogP) is 2.56. The average Bonchev–Trinajstić information content (AvgIpc) is 2.60. The highest BCUT2D eigenvalue weighted by molar-refractivity contribution is 5.74. The molecule has 0 radical (unpaired) electrons. The normalized spacial score (nSPS) is 15.8. The molecule has 2 aromatic carbocycles. The largest absolute Gasteiger partial charge is 0.491 e. The van der Waals surface area contributed by atoms with E-state index in [1.807, 2.05) is 67.5 Å². The molecule has 2 N–H and O–H groups in total. The minimum absolute atomic E-state index is 0.00369. The molecule has 5 nitrogen and oxygen atoms in total. The van der Waals surface area contributed by atoms with Crippen LogP contribution in [-0.4, -0.2) is 32.8 Å². The van der Waals surface area contributed by atoms with Crippen molar-refractivity contribution < 1.29 is 9.53 Å². The molecule has 24 heavy (non-hydrogen) atoms. The summed E-state index contributed by atoms with van der Waals surface area (Å²) >= 11 is 0. The van der Waals surface area contributed by atoms with Gasteiger partial charge in [-0.3, -0.25) is 0 Å². The van der Waals surface area contributed by atoms with Crippen molar-refractivity contribution in [3.8, 4) is 5.75 Å². The Morgan fingerprint density at radius 2 is 1.92 bits per heavy atom. The van der Waals surface area contributed by atoms with Crippen LogP contribution in [0.3, 0.4) is 0 Å². The summed E-state index contributed by atoms with van der Waals surface area (Å²) in [5.74, 6) is 0.914. The van der Waals surface area contributed by atoms with Crippen LogP contribution in [-0.2, 0) is 13.0 Å². The lowest BCUT2D eigenvalue weighted by molar-refractivity contribution is 0.214. The number of benzene rings is 2. The van der Waals surface area contributed by atoms with E-state index in [2.05, 4.69) is 10.6 Å². The van der Waals surface area contributed by atoms with E-state index in [1.165, 1.54) is 0 Å². The number of rotatable bonds is 4. The molecule has 0 spiro atoms. The zero-order valence-corrected chi connectivity index (χ0v) is 14.1. The van der Waals surface area contributed by atoms with Gasteiger partial charge in [-0.05, 0) is 35.7 Å². The van der Waals surface area contributed by atoms with Gasteiger partial charge in [-0.15, -0.1) is 0 Å². The molecule has 0 aliphatic carbocycles. The lowest BCUT2D eigenvalue weighted by Gasteiger charge is -2.26. The van der Waals surface area contributed by atoms with E-state index in [-0.39, 0.29) is 12.1 Å². The minimum atomic E-state index is -0.167. The van der Waals surface area contributed by atoms with Crippen molar-refractivity contribution in [3.05, 3.63) is 59.7 Å². The highest BCUT2D eigenvalue weighted by Gasteiger charge is 2.20. The van der Waals surface area contributed by atoms with Gasteiger partial charge in [0.25, 0.3) is 0 Å². The number of amides is 2. The first kappa shape index (κ1) is 16.2. The van der Waals surface area contributed by atoms with Crippen molar-refractivity contribution in [2.24, 2.45) is 0 Å². The Labute approximate surface area is 142 Å². The van der Waals surface area contributed by atoms with Gasteiger partial charge in [0.1, 0.15) is 12.4 Å². The highest BCUT2D eigenvalue weighted by atomic mass is 16.5. The second-order valence-corrected chi connectivity index (χ2v) is 6.21. The molecule has 1 aliphatic rings. The molecule has 1 atom stereocenters.